The minimum atomic E-state index is -0.412. The maximum atomic E-state index is 12.5. The fraction of sp³-hybridized carbons (Fsp3) is 0.190. The zero-order valence-corrected chi connectivity index (χ0v) is 14.5. The Morgan fingerprint density at radius 3 is 2.38 bits per heavy atom. The van der Waals surface area contributed by atoms with Crippen molar-refractivity contribution in [3.8, 4) is 0 Å². The first kappa shape index (κ1) is 17.6. The molecule has 0 N–H and O–H groups in total. The molecule has 0 aromatic heterocycles. The Morgan fingerprint density at radius 1 is 1.04 bits per heavy atom. The quantitative estimate of drug-likeness (QED) is 0.344. The van der Waals surface area contributed by atoms with Gasteiger partial charge in [0.05, 0.1) is 23.4 Å². The summed E-state index contributed by atoms with van der Waals surface area (Å²) in [5.74, 6) is -1.10. The van der Waals surface area contributed by atoms with E-state index < -0.39 is 5.97 Å². The number of esters is 1. The van der Waals surface area contributed by atoms with E-state index in [1.165, 1.54) is 6.08 Å². The lowest BCUT2D eigenvalue weighted by Crippen LogP contribution is -2.29. The molecule has 2 aromatic carbocycles. The van der Waals surface area contributed by atoms with Gasteiger partial charge in [-0.2, -0.15) is 0 Å². The number of imide groups is 1. The topological polar surface area (TPSA) is 63.7 Å². The Morgan fingerprint density at radius 2 is 1.73 bits per heavy atom. The number of ether oxygens (including phenoxy) is 1. The minimum Gasteiger partial charge on any atom is -0.463 e. The highest BCUT2D eigenvalue weighted by atomic mass is 16.5. The fourth-order valence-electron chi connectivity index (χ4n) is 2.72. The molecule has 0 atom stereocenters. The van der Waals surface area contributed by atoms with Crippen LogP contribution in [-0.2, 0) is 9.53 Å². The van der Waals surface area contributed by atoms with E-state index in [0.717, 1.165) is 17.7 Å². The summed E-state index contributed by atoms with van der Waals surface area (Å²) in [6.45, 7) is 2.42. The molecule has 5 heteroatoms. The average Bonchev–Trinajstić information content (AvgIpc) is 2.92. The van der Waals surface area contributed by atoms with Crippen molar-refractivity contribution in [1.82, 2.24) is 0 Å². The number of unbranched alkanes of at least 4 members (excludes halogenated alkanes) is 1. The highest BCUT2D eigenvalue weighted by Gasteiger charge is 2.36. The normalized spacial score (nSPS) is 13.3. The standard InChI is InChI=1S/C21H19NO4/c1-2-3-13-26-19(23)12-11-15-7-6-8-16(14-15)22-20(24)17-9-4-5-10-18(17)21(22)25/h4-12,14H,2-3,13H2,1H3/b12-11+. The van der Waals surface area contributed by atoms with Crippen LogP contribution >= 0.6 is 0 Å². The Hall–Kier alpha value is -3.21. The molecular weight excluding hydrogens is 330 g/mol. The van der Waals surface area contributed by atoms with Crippen LogP contribution in [0.2, 0.25) is 0 Å². The molecule has 1 heterocycles. The first-order chi connectivity index (χ1) is 12.6. The van der Waals surface area contributed by atoms with Gasteiger partial charge in [0.2, 0.25) is 0 Å². The predicted molar refractivity (Wildman–Crippen MR) is 98.9 cm³/mol. The number of fused-ring (bicyclic) bond motifs is 1. The molecule has 2 aromatic rings. The average molecular weight is 349 g/mol. The Balaban J connectivity index is 1.77. The molecule has 0 fully saturated rings. The van der Waals surface area contributed by atoms with Crippen LogP contribution in [0.25, 0.3) is 6.08 Å². The van der Waals surface area contributed by atoms with Crippen LogP contribution < -0.4 is 4.90 Å². The van der Waals surface area contributed by atoms with E-state index in [4.69, 9.17) is 4.74 Å². The molecule has 2 amide bonds. The summed E-state index contributed by atoms with van der Waals surface area (Å²) in [7, 11) is 0. The monoisotopic (exact) mass is 349 g/mol. The summed E-state index contributed by atoms with van der Waals surface area (Å²) in [5, 5.41) is 0. The van der Waals surface area contributed by atoms with Crippen LogP contribution in [-0.4, -0.2) is 24.4 Å². The van der Waals surface area contributed by atoms with Gasteiger partial charge in [-0.1, -0.05) is 37.6 Å². The second-order valence-corrected chi connectivity index (χ2v) is 5.94. The van der Waals surface area contributed by atoms with Gasteiger partial charge in [0.25, 0.3) is 11.8 Å². The highest BCUT2D eigenvalue weighted by molar-refractivity contribution is 6.34. The summed E-state index contributed by atoms with van der Waals surface area (Å²) in [5.41, 5.74) is 1.97. The molecule has 1 aliphatic heterocycles. The van der Waals surface area contributed by atoms with E-state index in [2.05, 4.69) is 0 Å². The number of hydrogen-bond acceptors (Lipinski definition) is 4. The molecule has 0 unspecified atom stereocenters. The molecule has 0 saturated carbocycles. The van der Waals surface area contributed by atoms with Crippen molar-refractivity contribution in [2.45, 2.75) is 19.8 Å². The van der Waals surface area contributed by atoms with Crippen LogP contribution in [0.1, 0.15) is 46.0 Å². The van der Waals surface area contributed by atoms with Crippen molar-refractivity contribution in [3.63, 3.8) is 0 Å². The third-order valence-corrected chi connectivity index (χ3v) is 4.08. The maximum absolute atomic E-state index is 12.5. The van der Waals surface area contributed by atoms with Gasteiger partial charge >= 0.3 is 5.97 Å². The van der Waals surface area contributed by atoms with Gasteiger partial charge < -0.3 is 4.74 Å². The van der Waals surface area contributed by atoms with Crippen molar-refractivity contribution in [3.05, 3.63) is 71.3 Å². The first-order valence-corrected chi connectivity index (χ1v) is 8.54. The lowest BCUT2D eigenvalue weighted by Gasteiger charge is -2.14. The van der Waals surface area contributed by atoms with Gasteiger partial charge in [-0.25, -0.2) is 9.69 Å². The van der Waals surface area contributed by atoms with Gasteiger partial charge in [-0.3, -0.25) is 9.59 Å². The Kier molecular flexibility index (Phi) is 5.27. The first-order valence-electron chi connectivity index (χ1n) is 8.54. The zero-order chi connectivity index (χ0) is 18.5. The summed E-state index contributed by atoms with van der Waals surface area (Å²) in [6.07, 6.45) is 4.74. The van der Waals surface area contributed by atoms with Crippen LogP contribution in [0.3, 0.4) is 0 Å². The number of anilines is 1. The third kappa shape index (κ3) is 3.57. The SMILES string of the molecule is CCCCOC(=O)/C=C/c1cccc(N2C(=O)c3ccccc3C2=O)c1. The van der Waals surface area contributed by atoms with Crippen molar-refractivity contribution in [2.75, 3.05) is 11.5 Å². The van der Waals surface area contributed by atoms with Gasteiger partial charge in [-0.05, 0) is 42.3 Å². The number of carbonyl (C=O) groups excluding carboxylic acids is 3. The predicted octanol–water partition coefficient (Wildman–Crippen LogP) is 3.84. The number of nitrogens with zero attached hydrogens (tertiary/aromatic N) is 1. The van der Waals surface area contributed by atoms with E-state index >= 15 is 0 Å². The van der Waals surface area contributed by atoms with Crippen LogP contribution in [0.15, 0.2) is 54.6 Å². The zero-order valence-electron chi connectivity index (χ0n) is 14.5. The van der Waals surface area contributed by atoms with Gasteiger partial charge in [0.1, 0.15) is 0 Å². The molecule has 26 heavy (non-hydrogen) atoms. The van der Waals surface area contributed by atoms with Gasteiger partial charge in [0, 0.05) is 6.08 Å². The lowest BCUT2D eigenvalue weighted by molar-refractivity contribution is -0.137. The fourth-order valence-corrected chi connectivity index (χ4v) is 2.72. The smallest absolute Gasteiger partial charge is 0.330 e. The highest BCUT2D eigenvalue weighted by Crippen LogP contribution is 2.28. The molecule has 3 rings (SSSR count). The second kappa shape index (κ2) is 7.78. The van der Waals surface area contributed by atoms with Crippen molar-refractivity contribution >= 4 is 29.5 Å². The molecule has 0 bridgehead atoms. The van der Waals surface area contributed by atoms with Crippen LogP contribution in [0, 0.1) is 0 Å². The van der Waals surface area contributed by atoms with E-state index in [1.54, 1.807) is 54.6 Å². The molecule has 0 saturated heterocycles. The van der Waals surface area contributed by atoms with Crippen LogP contribution in [0.4, 0.5) is 5.69 Å². The summed E-state index contributed by atoms with van der Waals surface area (Å²) < 4.78 is 5.07. The maximum Gasteiger partial charge on any atom is 0.330 e. The summed E-state index contributed by atoms with van der Waals surface area (Å²) in [4.78, 5) is 37.9. The number of amides is 2. The van der Waals surface area contributed by atoms with Crippen LogP contribution in [0.5, 0.6) is 0 Å². The van der Waals surface area contributed by atoms with E-state index in [1.807, 2.05) is 6.92 Å². The summed E-state index contributed by atoms with van der Waals surface area (Å²) in [6, 6.07) is 13.7. The van der Waals surface area contributed by atoms with E-state index in [9.17, 15) is 14.4 Å². The van der Waals surface area contributed by atoms with Crippen molar-refractivity contribution in [2.24, 2.45) is 0 Å². The van der Waals surface area contributed by atoms with E-state index in [0.29, 0.717) is 29.0 Å². The number of rotatable bonds is 6. The third-order valence-electron chi connectivity index (χ3n) is 4.08. The minimum absolute atomic E-state index is 0.342. The number of hydrogen-bond donors (Lipinski definition) is 0. The number of carbonyl (C=O) groups is 3. The molecule has 5 nitrogen and oxygen atoms in total. The molecule has 1 aliphatic rings. The molecular formula is C21H19NO4. The number of benzene rings is 2. The largest absolute Gasteiger partial charge is 0.463 e. The second-order valence-electron chi connectivity index (χ2n) is 5.94. The molecule has 0 spiro atoms. The summed E-state index contributed by atoms with van der Waals surface area (Å²) >= 11 is 0. The van der Waals surface area contributed by atoms with E-state index in [-0.39, 0.29) is 11.8 Å². The molecule has 0 radical (unpaired) electrons. The lowest BCUT2D eigenvalue weighted by atomic mass is 10.1. The Labute approximate surface area is 151 Å². The van der Waals surface area contributed by atoms with Gasteiger partial charge in [-0.15, -0.1) is 0 Å². The van der Waals surface area contributed by atoms with Crippen molar-refractivity contribution < 1.29 is 19.1 Å². The molecule has 0 aliphatic carbocycles. The van der Waals surface area contributed by atoms with Crippen molar-refractivity contribution in [1.29, 1.82) is 0 Å². The van der Waals surface area contributed by atoms with Gasteiger partial charge in [0.15, 0.2) is 0 Å². The Bertz CT molecular complexity index is 850. The molecule has 132 valence electrons.